The lowest BCUT2D eigenvalue weighted by Gasteiger charge is -2.50. The molecule has 2 saturated heterocycles. The quantitative estimate of drug-likeness (QED) is 0.00889. The first kappa shape index (κ1) is 106. The van der Waals surface area contributed by atoms with Gasteiger partial charge in [0.25, 0.3) is 0 Å². The van der Waals surface area contributed by atoms with Crippen molar-refractivity contribution in [1.29, 1.82) is 0 Å². The number of carbonyl (C=O) groups excluding carboxylic acids is 4. The summed E-state index contributed by atoms with van der Waals surface area (Å²) in [5.41, 5.74) is 0. The fourth-order valence-corrected chi connectivity index (χ4v) is 15.7. The van der Waals surface area contributed by atoms with Crippen LogP contribution in [-0.2, 0) is 70.7 Å². The highest BCUT2D eigenvalue weighted by atomic mass is 31.2. The second-order valence-electron chi connectivity index (χ2n) is 32.4. The zero-order valence-corrected chi connectivity index (χ0v) is 72.2. The molecule has 0 bridgehead atoms. The third kappa shape index (κ3) is 48.8. The standard InChI is InChI=1S/C89H161O25P/c1-5-9-13-17-21-25-29-33-35-39-42-46-50-54-58-62-73(92)106-68-71-77(96)79(98)83(102)89(110-71)113-86-84(111-75(94)64-60-56-52-48-43-38-32-28-24-20-16-12-8-4)80(99)81(100)85(112-88-82(101)78(97)76(95)70(65-90)109-88)87(86)114-115(103,104)107-67-69(66-105-72(91)61-57-53-49-45-41-37-31-27-23-19-15-11-7-3)108-74(93)63-59-55-51-47-44-40-36-34-30-26-22-18-14-10-6-2/h25,29,37-38,41,43,69-71,76-90,95-102H,5-24,26-28,30-36,39-40,42,44-68H2,1-4H3,(H,103,104)/b29-25-,41-37-,43-38-. The van der Waals surface area contributed by atoms with Crippen LogP contribution in [0.2, 0.25) is 0 Å². The van der Waals surface area contributed by atoms with E-state index in [9.17, 15) is 74.6 Å². The Labute approximate surface area is 691 Å². The SMILES string of the molecule is CCCCCC/C=C\CCCCCCCCCC(=O)OCC1OC(OC2C(OC(=O)CCCCC/C=C\CCCCCCCC)C(O)C(O)C(OC3OC(CO)C(O)C(O)C3O)C2OP(=O)(O)OCC(COC(=O)CCCCC/C=C\CCCCCCCC)OC(=O)CCCCCCCCCCCCCCCCC)C(O)C(O)C1O. The van der Waals surface area contributed by atoms with Gasteiger partial charge in [-0.15, -0.1) is 0 Å². The van der Waals surface area contributed by atoms with Crippen LogP contribution in [0.5, 0.6) is 0 Å². The second kappa shape index (κ2) is 68.3. The zero-order valence-electron chi connectivity index (χ0n) is 71.3. The van der Waals surface area contributed by atoms with E-state index in [1.165, 1.54) is 141 Å². The molecule has 0 aromatic rings. The molecule has 26 heteroatoms. The molecule has 3 rings (SSSR count). The lowest BCUT2D eigenvalue weighted by molar-refractivity contribution is -0.360. The number of carbonyl (C=O) groups is 4. The molecule has 25 nitrogen and oxygen atoms in total. The Balaban J connectivity index is 1.93. The van der Waals surface area contributed by atoms with Crippen molar-refractivity contribution in [2.75, 3.05) is 26.4 Å². The predicted molar refractivity (Wildman–Crippen MR) is 444 cm³/mol. The molecule has 115 heavy (non-hydrogen) atoms. The van der Waals surface area contributed by atoms with Gasteiger partial charge in [-0.1, -0.05) is 282 Å². The van der Waals surface area contributed by atoms with E-state index in [1.54, 1.807) is 0 Å². The third-order valence-electron chi connectivity index (χ3n) is 22.1. The monoisotopic (exact) mass is 1660 g/mol. The van der Waals surface area contributed by atoms with E-state index in [-0.39, 0.29) is 32.1 Å². The summed E-state index contributed by atoms with van der Waals surface area (Å²) in [7, 11) is -5.81. The van der Waals surface area contributed by atoms with Crippen LogP contribution in [0.1, 0.15) is 374 Å². The maximum Gasteiger partial charge on any atom is 0.472 e. The molecule has 672 valence electrons. The van der Waals surface area contributed by atoms with E-state index in [1.807, 2.05) is 0 Å². The summed E-state index contributed by atoms with van der Waals surface area (Å²) in [5, 5.41) is 102. The van der Waals surface area contributed by atoms with Crippen molar-refractivity contribution < 1.29 is 122 Å². The number of hydrogen-bond donors (Lipinski definition) is 10. The molecule has 3 aliphatic rings. The van der Waals surface area contributed by atoms with E-state index in [0.717, 1.165) is 141 Å². The van der Waals surface area contributed by atoms with E-state index in [4.69, 9.17) is 46.9 Å². The fourth-order valence-electron chi connectivity index (χ4n) is 14.8. The topological polar surface area (TPSA) is 380 Å². The molecule has 0 radical (unpaired) electrons. The normalized spacial score (nSPS) is 25.4. The predicted octanol–water partition coefficient (Wildman–Crippen LogP) is 16.3. The van der Waals surface area contributed by atoms with Gasteiger partial charge in [0, 0.05) is 25.7 Å². The van der Waals surface area contributed by atoms with Gasteiger partial charge in [-0.3, -0.25) is 28.2 Å². The van der Waals surface area contributed by atoms with E-state index >= 15 is 0 Å². The van der Waals surface area contributed by atoms with Gasteiger partial charge in [0.1, 0.15) is 92.6 Å². The first-order valence-electron chi connectivity index (χ1n) is 45.7. The molecule has 1 saturated carbocycles. The maximum absolute atomic E-state index is 14.9. The van der Waals surface area contributed by atoms with Crippen molar-refractivity contribution in [3.63, 3.8) is 0 Å². The molecule has 0 aromatic heterocycles. The summed E-state index contributed by atoms with van der Waals surface area (Å²) in [6.07, 6.45) is 28.7. The highest BCUT2D eigenvalue weighted by Crippen LogP contribution is 2.49. The van der Waals surface area contributed by atoms with Gasteiger partial charge < -0.3 is 88.7 Å². The Kier molecular flexibility index (Phi) is 62.8. The van der Waals surface area contributed by atoms with Gasteiger partial charge in [-0.05, 0) is 103 Å². The zero-order chi connectivity index (χ0) is 84.0. The average Bonchev–Trinajstić information content (AvgIpc) is 0.756. The van der Waals surface area contributed by atoms with Crippen LogP contribution in [0.3, 0.4) is 0 Å². The number of rotatable bonds is 73. The summed E-state index contributed by atoms with van der Waals surface area (Å²) in [6, 6.07) is 0. The molecule has 10 N–H and O–H groups in total. The number of allylic oxidation sites excluding steroid dienone is 6. The summed E-state index contributed by atoms with van der Waals surface area (Å²) < 4.78 is 73.2. The second-order valence-corrected chi connectivity index (χ2v) is 33.9. The van der Waals surface area contributed by atoms with Crippen LogP contribution >= 0.6 is 7.82 Å². The summed E-state index contributed by atoms with van der Waals surface area (Å²) in [4.78, 5) is 66.3. The molecule has 0 amide bonds. The molecular weight excluding hydrogens is 1500 g/mol. The third-order valence-corrected chi connectivity index (χ3v) is 23.1. The number of aliphatic hydroxyl groups is 9. The van der Waals surface area contributed by atoms with Gasteiger partial charge in [-0.25, -0.2) is 4.57 Å². The number of unbranched alkanes of at least 4 members (excludes halogenated alkanes) is 43. The van der Waals surface area contributed by atoms with E-state index < -0.39 is 162 Å². The minimum absolute atomic E-state index is 0.00650. The van der Waals surface area contributed by atoms with E-state index in [0.29, 0.717) is 32.1 Å². The number of ether oxygens (including phenoxy) is 8. The van der Waals surface area contributed by atoms with Gasteiger partial charge in [0.15, 0.2) is 24.8 Å². The van der Waals surface area contributed by atoms with E-state index in [2.05, 4.69) is 64.2 Å². The largest absolute Gasteiger partial charge is 0.472 e. The average molecular weight is 1660 g/mol. The van der Waals surface area contributed by atoms with Crippen LogP contribution in [0.25, 0.3) is 0 Å². The van der Waals surface area contributed by atoms with Crippen molar-refractivity contribution in [3.05, 3.63) is 36.5 Å². The van der Waals surface area contributed by atoms with Gasteiger partial charge in [0.2, 0.25) is 0 Å². The Bertz CT molecular complexity index is 2540. The molecule has 18 unspecified atom stereocenters. The summed E-state index contributed by atoms with van der Waals surface area (Å²) in [5.74, 6) is -3.01. The Morgan fingerprint density at radius 2 is 0.652 bits per heavy atom. The Hall–Kier alpha value is -3.31. The van der Waals surface area contributed by atoms with Crippen molar-refractivity contribution >= 4 is 31.7 Å². The minimum atomic E-state index is -5.81. The first-order chi connectivity index (χ1) is 55.7. The molecule has 0 spiro atoms. The van der Waals surface area contributed by atoms with Gasteiger partial charge >= 0.3 is 31.7 Å². The lowest BCUT2D eigenvalue weighted by Crippen LogP contribution is -2.70. The smallest absolute Gasteiger partial charge is 0.463 e. The Morgan fingerprint density at radius 1 is 0.339 bits per heavy atom. The van der Waals surface area contributed by atoms with Crippen LogP contribution in [-0.4, -0.2) is 205 Å². The van der Waals surface area contributed by atoms with Crippen LogP contribution < -0.4 is 0 Å². The maximum atomic E-state index is 14.9. The molecule has 3 fully saturated rings. The van der Waals surface area contributed by atoms with Crippen molar-refractivity contribution in [3.8, 4) is 0 Å². The Morgan fingerprint density at radius 3 is 1.05 bits per heavy atom. The van der Waals surface area contributed by atoms with Crippen LogP contribution in [0.15, 0.2) is 36.5 Å². The number of phosphoric ester groups is 1. The van der Waals surface area contributed by atoms with Crippen molar-refractivity contribution in [2.45, 2.75) is 479 Å². The highest BCUT2D eigenvalue weighted by Gasteiger charge is 2.60. The molecule has 2 aliphatic heterocycles. The van der Waals surface area contributed by atoms with Gasteiger partial charge in [0.05, 0.1) is 13.2 Å². The molecule has 2 heterocycles. The van der Waals surface area contributed by atoms with Crippen LogP contribution in [0.4, 0.5) is 0 Å². The fraction of sp³-hybridized carbons (Fsp3) is 0.888. The molecular formula is C89H161O25P. The first-order valence-corrected chi connectivity index (χ1v) is 47.2. The number of esters is 4. The number of hydrogen-bond acceptors (Lipinski definition) is 24. The number of aliphatic hydroxyl groups excluding tert-OH is 9. The molecule has 1 aliphatic carbocycles. The molecule has 18 atom stereocenters. The highest BCUT2D eigenvalue weighted by molar-refractivity contribution is 7.47. The minimum Gasteiger partial charge on any atom is -0.463 e. The van der Waals surface area contributed by atoms with Crippen molar-refractivity contribution in [2.24, 2.45) is 0 Å². The lowest BCUT2D eigenvalue weighted by atomic mass is 9.84. The van der Waals surface area contributed by atoms with Crippen molar-refractivity contribution in [1.82, 2.24) is 0 Å². The van der Waals surface area contributed by atoms with Gasteiger partial charge in [-0.2, -0.15) is 0 Å². The summed E-state index contributed by atoms with van der Waals surface area (Å²) >= 11 is 0. The molecule has 0 aromatic carbocycles. The summed E-state index contributed by atoms with van der Waals surface area (Å²) in [6.45, 7) is 5.52. The van der Waals surface area contributed by atoms with Crippen LogP contribution in [0, 0.1) is 0 Å². The number of phosphoric acid groups is 1.